The molecule has 48 heavy (non-hydrogen) atoms. The number of piperidine rings is 1. The van der Waals surface area contributed by atoms with Gasteiger partial charge in [-0.05, 0) is 91.2 Å². The molecule has 3 fully saturated rings. The number of amides is 2. The number of hydrogen-bond donors (Lipinski definition) is 1. The van der Waals surface area contributed by atoms with Crippen LogP contribution in [0, 0.1) is 0 Å². The van der Waals surface area contributed by atoms with Crippen molar-refractivity contribution in [2.75, 3.05) is 18.4 Å². The number of hydrogen-bond acceptors (Lipinski definition) is 10. The molecule has 6 rings (SSSR count). The lowest BCUT2D eigenvalue weighted by atomic mass is 9.97. The van der Waals surface area contributed by atoms with Gasteiger partial charge in [-0.25, -0.2) is 19.4 Å². The number of anilines is 1. The largest absolute Gasteiger partial charge is 0.455 e. The zero-order valence-electron chi connectivity index (χ0n) is 29.3. The van der Waals surface area contributed by atoms with E-state index in [1.807, 2.05) is 66.4 Å². The summed E-state index contributed by atoms with van der Waals surface area (Å²) >= 11 is 0. The molecule has 1 N–H and O–H groups in total. The molecule has 0 spiro atoms. The number of ketones is 1. The van der Waals surface area contributed by atoms with Crippen LogP contribution in [-0.2, 0) is 19.0 Å². The normalized spacial score (nSPS) is 23.0. The van der Waals surface area contributed by atoms with Crippen molar-refractivity contribution < 1.29 is 33.4 Å². The van der Waals surface area contributed by atoms with Crippen LogP contribution >= 0.6 is 0 Å². The predicted molar refractivity (Wildman–Crippen MR) is 178 cm³/mol. The molecule has 4 aliphatic rings. The molecular formula is C35H48N6O7. The van der Waals surface area contributed by atoms with Crippen LogP contribution < -0.4 is 5.32 Å². The maximum absolute atomic E-state index is 13.4. The second-order valence-electron chi connectivity index (χ2n) is 15.8. The molecule has 5 heterocycles. The first-order chi connectivity index (χ1) is 22.5. The van der Waals surface area contributed by atoms with Crippen LogP contribution in [0.4, 0.5) is 15.4 Å². The van der Waals surface area contributed by atoms with E-state index < -0.39 is 23.3 Å². The van der Waals surface area contributed by atoms with E-state index >= 15 is 0 Å². The van der Waals surface area contributed by atoms with Gasteiger partial charge in [-0.2, -0.15) is 9.61 Å². The average Bonchev–Trinajstić information content (AvgIpc) is 3.62. The molecule has 3 aliphatic heterocycles. The van der Waals surface area contributed by atoms with Crippen LogP contribution in [0.15, 0.2) is 12.1 Å². The van der Waals surface area contributed by atoms with Crippen molar-refractivity contribution in [2.24, 2.45) is 0 Å². The number of esters is 1. The van der Waals surface area contributed by atoms with Crippen LogP contribution in [-0.4, -0.2) is 96.9 Å². The quantitative estimate of drug-likeness (QED) is 0.301. The van der Waals surface area contributed by atoms with E-state index in [0.717, 1.165) is 18.4 Å². The predicted octanol–water partition coefficient (Wildman–Crippen LogP) is 5.72. The molecule has 13 heteroatoms. The highest BCUT2D eigenvalue weighted by Crippen LogP contribution is 2.39. The number of nitrogens with one attached hydrogen (secondary N) is 1. The van der Waals surface area contributed by atoms with E-state index in [1.54, 1.807) is 15.5 Å². The fourth-order valence-corrected chi connectivity index (χ4v) is 7.10. The van der Waals surface area contributed by atoms with Crippen LogP contribution in [0.25, 0.3) is 11.2 Å². The van der Waals surface area contributed by atoms with Crippen LogP contribution in [0.1, 0.15) is 122 Å². The van der Waals surface area contributed by atoms with Gasteiger partial charge in [-0.1, -0.05) is 13.8 Å². The Bertz CT molecular complexity index is 1650. The Morgan fingerprint density at radius 2 is 1.58 bits per heavy atom. The summed E-state index contributed by atoms with van der Waals surface area (Å²) in [6, 6.07) is 1.93. The number of carbonyl (C=O) groups excluding carboxylic acids is 4. The van der Waals surface area contributed by atoms with E-state index in [1.165, 1.54) is 0 Å². The number of allylic oxidation sites excluding steroid dienone is 2. The summed E-state index contributed by atoms with van der Waals surface area (Å²) in [5, 5.41) is 8.44. The molecule has 3 saturated heterocycles. The standard InChI is InChI=1S/C35H48N6O7/c1-19(2)28-29(31(43)47-34(3,4)5)38-41-27(16-26(37-30(28)41)20-9-12-24(42)13-20)36-21-14-22-10-11-23(15-21)40(22)33(45)46-25-17-39(18-25)32(44)48-35(6,7)8/h13,16,19,21-23,25,36H,9-12,14-15,17-18H2,1-8H3. The summed E-state index contributed by atoms with van der Waals surface area (Å²) in [5.74, 6) is 0.161. The Labute approximate surface area is 281 Å². The number of carbonyl (C=O) groups is 4. The second-order valence-corrected chi connectivity index (χ2v) is 15.8. The first-order valence-electron chi connectivity index (χ1n) is 17.1. The van der Waals surface area contributed by atoms with Gasteiger partial charge in [0.1, 0.15) is 23.1 Å². The average molecular weight is 665 g/mol. The Kier molecular flexibility index (Phi) is 8.70. The molecule has 2 bridgehead atoms. The third kappa shape index (κ3) is 7.00. The lowest BCUT2D eigenvalue weighted by Crippen LogP contribution is -2.58. The zero-order valence-corrected chi connectivity index (χ0v) is 29.3. The van der Waals surface area contributed by atoms with Crippen LogP contribution in [0.5, 0.6) is 0 Å². The first-order valence-corrected chi connectivity index (χ1v) is 17.1. The second kappa shape index (κ2) is 12.4. The lowest BCUT2D eigenvalue weighted by Gasteiger charge is -2.42. The highest BCUT2D eigenvalue weighted by atomic mass is 16.6. The Morgan fingerprint density at radius 1 is 0.938 bits per heavy atom. The van der Waals surface area contributed by atoms with Crippen molar-refractivity contribution in [2.45, 2.75) is 135 Å². The maximum atomic E-state index is 13.4. The first kappa shape index (κ1) is 33.7. The van der Waals surface area contributed by atoms with Gasteiger partial charge in [-0.3, -0.25) is 4.79 Å². The maximum Gasteiger partial charge on any atom is 0.410 e. The summed E-state index contributed by atoms with van der Waals surface area (Å²) < 4.78 is 18.7. The third-order valence-electron chi connectivity index (χ3n) is 9.16. The fourth-order valence-electron chi connectivity index (χ4n) is 7.10. The van der Waals surface area contributed by atoms with Gasteiger partial charge < -0.3 is 29.3 Å². The van der Waals surface area contributed by atoms with Gasteiger partial charge in [0, 0.05) is 36.2 Å². The van der Waals surface area contributed by atoms with E-state index in [0.29, 0.717) is 61.5 Å². The molecule has 2 unspecified atom stereocenters. The fraction of sp³-hybridized carbons (Fsp3) is 0.657. The topological polar surface area (TPSA) is 145 Å². The van der Waals surface area contributed by atoms with Crippen LogP contribution in [0.3, 0.4) is 0 Å². The van der Waals surface area contributed by atoms with Gasteiger partial charge in [0.2, 0.25) is 0 Å². The molecule has 2 atom stereocenters. The molecule has 0 aromatic carbocycles. The van der Waals surface area contributed by atoms with Gasteiger partial charge in [-0.15, -0.1) is 0 Å². The molecule has 0 saturated carbocycles. The molecule has 2 amide bonds. The molecule has 13 nitrogen and oxygen atoms in total. The highest BCUT2D eigenvalue weighted by Gasteiger charge is 2.46. The molecule has 2 aromatic rings. The summed E-state index contributed by atoms with van der Waals surface area (Å²) in [6.07, 6.45) is 4.78. The van der Waals surface area contributed by atoms with Gasteiger partial charge >= 0.3 is 18.2 Å². The monoisotopic (exact) mass is 664 g/mol. The third-order valence-corrected chi connectivity index (χ3v) is 9.16. The summed E-state index contributed by atoms with van der Waals surface area (Å²) in [7, 11) is 0. The number of likely N-dealkylation sites (tertiary alicyclic amines) is 1. The van der Waals surface area contributed by atoms with Crippen molar-refractivity contribution in [3.8, 4) is 0 Å². The van der Waals surface area contributed by atoms with Gasteiger partial charge in [0.25, 0.3) is 0 Å². The SMILES string of the molecule is CC(C)c1c(C(=O)OC(C)(C)C)nn2c(NC3CC4CCC(C3)N4C(=O)OC3CN(C(=O)OC(C)(C)C)C3)cc(C3=CC(=O)CC3)nc12. The minimum atomic E-state index is -0.694. The van der Waals surface area contributed by atoms with Crippen molar-refractivity contribution in [1.29, 1.82) is 0 Å². The number of rotatable bonds is 6. The smallest absolute Gasteiger partial charge is 0.410 e. The zero-order chi connectivity index (χ0) is 34.7. The Balaban J connectivity index is 1.20. The van der Waals surface area contributed by atoms with E-state index in [-0.39, 0.29) is 47.7 Å². The van der Waals surface area contributed by atoms with E-state index in [2.05, 4.69) is 5.32 Å². The summed E-state index contributed by atoms with van der Waals surface area (Å²) in [5.41, 5.74) is 1.73. The number of fused-ring (bicyclic) bond motifs is 3. The minimum Gasteiger partial charge on any atom is -0.455 e. The van der Waals surface area contributed by atoms with E-state index in [9.17, 15) is 19.2 Å². The molecule has 0 radical (unpaired) electrons. The van der Waals surface area contributed by atoms with Crippen molar-refractivity contribution >= 4 is 41.0 Å². The molecule has 260 valence electrons. The van der Waals surface area contributed by atoms with Gasteiger partial charge in [0.05, 0.1) is 18.8 Å². The highest BCUT2D eigenvalue weighted by molar-refractivity contribution is 6.01. The van der Waals surface area contributed by atoms with Gasteiger partial charge in [0.15, 0.2) is 17.1 Å². The van der Waals surface area contributed by atoms with Crippen molar-refractivity contribution in [1.82, 2.24) is 24.4 Å². The minimum absolute atomic E-state index is 0.00363. The Hall–Kier alpha value is -4.16. The molecule has 1 aliphatic carbocycles. The van der Waals surface area contributed by atoms with E-state index in [4.69, 9.17) is 24.3 Å². The summed E-state index contributed by atoms with van der Waals surface area (Å²) in [4.78, 5) is 59.6. The number of ether oxygens (including phenoxy) is 3. The Morgan fingerprint density at radius 3 is 2.15 bits per heavy atom. The molecule has 2 aromatic heterocycles. The van der Waals surface area contributed by atoms with Crippen molar-refractivity contribution in [3.05, 3.63) is 29.1 Å². The molecular weight excluding hydrogens is 616 g/mol. The number of aromatic nitrogens is 3. The lowest BCUT2D eigenvalue weighted by molar-refractivity contribution is -0.114. The number of nitrogens with zero attached hydrogens (tertiary/aromatic N) is 5. The summed E-state index contributed by atoms with van der Waals surface area (Å²) in [6.45, 7) is 15.6. The van der Waals surface area contributed by atoms with Crippen molar-refractivity contribution in [3.63, 3.8) is 0 Å². The van der Waals surface area contributed by atoms with Crippen LogP contribution in [0.2, 0.25) is 0 Å².